The van der Waals surface area contributed by atoms with Gasteiger partial charge in [0.25, 0.3) is 0 Å². The van der Waals surface area contributed by atoms with Crippen LogP contribution in [0.25, 0.3) is 0 Å². The lowest BCUT2D eigenvalue weighted by molar-refractivity contribution is 0.0234. The van der Waals surface area contributed by atoms with E-state index in [2.05, 4.69) is 48.7 Å². The third-order valence-electron chi connectivity index (χ3n) is 4.67. The van der Waals surface area contributed by atoms with Crippen molar-refractivity contribution in [3.8, 4) is 0 Å². The topological polar surface area (TPSA) is 47.3 Å². The standard InChI is InChI=1S/C15H25BrN2O2/c1-6-11-15(16)12(18(5)17-11)7-13(19)14-8(2)9(3)20-10(14)4/h8-10,13-14,19H,6-7H2,1-5H3. The number of ether oxygens (including phenoxy) is 1. The largest absolute Gasteiger partial charge is 0.392 e. The van der Waals surface area contributed by atoms with E-state index in [-0.39, 0.29) is 18.1 Å². The summed E-state index contributed by atoms with van der Waals surface area (Å²) in [6.07, 6.45) is 1.42. The summed E-state index contributed by atoms with van der Waals surface area (Å²) >= 11 is 3.62. The Kier molecular flexibility index (Phi) is 4.92. The Morgan fingerprint density at radius 3 is 2.45 bits per heavy atom. The minimum atomic E-state index is -0.402. The van der Waals surface area contributed by atoms with Crippen molar-refractivity contribution in [2.24, 2.45) is 18.9 Å². The van der Waals surface area contributed by atoms with Gasteiger partial charge in [0.05, 0.1) is 34.2 Å². The van der Waals surface area contributed by atoms with Gasteiger partial charge < -0.3 is 9.84 Å². The lowest BCUT2D eigenvalue weighted by Gasteiger charge is -2.24. The van der Waals surface area contributed by atoms with Gasteiger partial charge in [0.2, 0.25) is 0 Å². The number of rotatable bonds is 4. The molecule has 1 aliphatic rings. The second-order valence-corrected chi connectivity index (χ2v) is 6.73. The number of aliphatic hydroxyl groups is 1. The van der Waals surface area contributed by atoms with E-state index in [0.29, 0.717) is 12.3 Å². The molecule has 1 N–H and O–H groups in total. The highest BCUT2D eigenvalue weighted by Gasteiger charge is 2.41. The Balaban J connectivity index is 2.16. The first kappa shape index (κ1) is 16.0. The number of aryl methyl sites for hydroxylation is 2. The first-order valence-electron chi connectivity index (χ1n) is 7.40. The van der Waals surface area contributed by atoms with E-state index in [1.165, 1.54) is 0 Å². The van der Waals surface area contributed by atoms with Crippen molar-refractivity contribution >= 4 is 15.9 Å². The Hall–Kier alpha value is -0.390. The van der Waals surface area contributed by atoms with Crippen molar-refractivity contribution in [2.45, 2.75) is 58.8 Å². The zero-order valence-electron chi connectivity index (χ0n) is 12.9. The van der Waals surface area contributed by atoms with Crippen molar-refractivity contribution < 1.29 is 9.84 Å². The van der Waals surface area contributed by atoms with E-state index < -0.39 is 6.10 Å². The van der Waals surface area contributed by atoms with Gasteiger partial charge in [-0.15, -0.1) is 0 Å². The summed E-state index contributed by atoms with van der Waals surface area (Å²) in [4.78, 5) is 0. The number of hydrogen-bond donors (Lipinski definition) is 1. The van der Waals surface area contributed by atoms with Gasteiger partial charge in [-0.2, -0.15) is 5.10 Å². The number of aliphatic hydroxyl groups excluding tert-OH is 1. The summed E-state index contributed by atoms with van der Waals surface area (Å²) in [5.41, 5.74) is 2.11. The molecule has 2 rings (SSSR count). The Morgan fingerprint density at radius 2 is 2.00 bits per heavy atom. The molecule has 5 heteroatoms. The number of nitrogens with zero attached hydrogens (tertiary/aromatic N) is 2. The zero-order chi connectivity index (χ0) is 15.0. The number of halogens is 1. The number of aromatic nitrogens is 2. The minimum Gasteiger partial charge on any atom is -0.392 e. The molecule has 5 atom stereocenters. The van der Waals surface area contributed by atoms with E-state index in [1.54, 1.807) is 0 Å². The summed E-state index contributed by atoms with van der Waals surface area (Å²) in [6.45, 7) is 8.40. The van der Waals surface area contributed by atoms with Gasteiger partial charge in [-0.3, -0.25) is 4.68 Å². The zero-order valence-corrected chi connectivity index (χ0v) is 14.5. The molecule has 0 amide bonds. The number of hydrogen-bond acceptors (Lipinski definition) is 3. The van der Waals surface area contributed by atoms with Crippen LogP contribution in [0.15, 0.2) is 4.47 Å². The molecule has 1 fully saturated rings. The minimum absolute atomic E-state index is 0.104. The molecule has 0 aromatic carbocycles. The van der Waals surface area contributed by atoms with Crippen LogP contribution in [-0.4, -0.2) is 33.2 Å². The monoisotopic (exact) mass is 344 g/mol. The average molecular weight is 345 g/mol. The van der Waals surface area contributed by atoms with Crippen molar-refractivity contribution in [2.75, 3.05) is 0 Å². The molecule has 0 radical (unpaired) electrons. The molecule has 1 aromatic heterocycles. The van der Waals surface area contributed by atoms with Gasteiger partial charge in [-0.1, -0.05) is 13.8 Å². The molecule has 20 heavy (non-hydrogen) atoms. The Labute approximate surface area is 129 Å². The molecule has 2 heterocycles. The van der Waals surface area contributed by atoms with Gasteiger partial charge in [0, 0.05) is 19.4 Å². The maximum atomic E-state index is 10.6. The van der Waals surface area contributed by atoms with Crippen molar-refractivity contribution in [1.82, 2.24) is 9.78 Å². The van der Waals surface area contributed by atoms with Crippen molar-refractivity contribution in [1.29, 1.82) is 0 Å². The molecule has 0 spiro atoms. The molecular weight excluding hydrogens is 320 g/mol. The molecule has 0 aliphatic carbocycles. The first-order valence-corrected chi connectivity index (χ1v) is 8.19. The van der Waals surface area contributed by atoms with Crippen LogP contribution in [0.2, 0.25) is 0 Å². The van der Waals surface area contributed by atoms with Gasteiger partial charge in [-0.05, 0) is 42.1 Å². The van der Waals surface area contributed by atoms with Crippen LogP contribution in [0.4, 0.5) is 0 Å². The van der Waals surface area contributed by atoms with E-state index in [4.69, 9.17) is 4.74 Å². The smallest absolute Gasteiger partial charge is 0.0766 e. The van der Waals surface area contributed by atoms with E-state index in [9.17, 15) is 5.11 Å². The third-order valence-corrected chi connectivity index (χ3v) is 5.58. The summed E-state index contributed by atoms with van der Waals surface area (Å²) in [5, 5.41) is 15.1. The molecule has 1 aliphatic heterocycles. The summed E-state index contributed by atoms with van der Waals surface area (Å²) in [5.74, 6) is 0.550. The second-order valence-electron chi connectivity index (χ2n) is 5.94. The van der Waals surface area contributed by atoms with E-state index in [0.717, 1.165) is 22.3 Å². The van der Waals surface area contributed by atoms with E-state index in [1.807, 2.05) is 11.7 Å². The maximum Gasteiger partial charge on any atom is 0.0766 e. The maximum absolute atomic E-state index is 10.6. The van der Waals surface area contributed by atoms with Crippen LogP contribution in [0.1, 0.15) is 39.1 Å². The van der Waals surface area contributed by atoms with Gasteiger partial charge >= 0.3 is 0 Å². The predicted molar refractivity (Wildman–Crippen MR) is 82.7 cm³/mol. The highest BCUT2D eigenvalue weighted by Crippen LogP contribution is 2.36. The quantitative estimate of drug-likeness (QED) is 0.913. The summed E-state index contributed by atoms with van der Waals surface area (Å²) in [7, 11) is 1.94. The Bertz CT molecular complexity index is 475. The molecule has 4 nitrogen and oxygen atoms in total. The normalized spacial score (nSPS) is 31.8. The highest BCUT2D eigenvalue weighted by molar-refractivity contribution is 9.10. The van der Waals surface area contributed by atoms with Gasteiger partial charge in [0.1, 0.15) is 0 Å². The third kappa shape index (κ3) is 2.81. The molecule has 0 saturated carbocycles. The van der Waals surface area contributed by atoms with Crippen LogP contribution in [-0.2, 0) is 24.6 Å². The SMILES string of the molecule is CCc1nn(C)c(CC(O)C2C(C)OC(C)C2C)c1Br. The lowest BCUT2D eigenvalue weighted by Crippen LogP contribution is -2.33. The fraction of sp³-hybridized carbons (Fsp3) is 0.800. The molecule has 5 unspecified atom stereocenters. The summed E-state index contributed by atoms with van der Waals surface area (Å²) < 4.78 is 8.75. The molecule has 1 aromatic rings. The van der Waals surface area contributed by atoms with Gasteiger partial charge in [-0.25, -0.2) is 0 Å². The fourth-order valence-electron chi connectivity index (χ4n) is 3.33. The fourth-order valence-corrected chi connectivity index (χ4v) is 4.11. The molecule has 114 valence electrons. The lowest BCUT2D eigenvalue weighted by atomic mass is 9.83. The highest BCUT2D eigenvalue weighted by atomic mass is 79.9. The first-order chi connectivity index (χ1) is 9.36. The molecule has 1 saturated heterocycles. The molecule has 0 bridgehead atoms. The van der Waals surface area contributed by atoms with E-state index >= 15 is 0 Å². The summed E-state index contributed by atoms with van der Waals surface area (Å²) in [6, 6.07) is 0. The van der Waals surface area contributed by atoms with Crippen LogP contribution in [0.3, 0.4) is 0 Å². The second kappa shape index (κ2) is 6.16. The molecular formula is C15H25BrN2O2. The predicted octanol–water partition coefficient (Wildman–Crippen LogP) is 2.71. The van der Waals surface area contributed by atoms with Crippen LogP contribution in [0.5, 0.6) is 0 Å². The Morgan fingerprint density at radius 1 is 1.35 bits per heavy atom. The van der Waals surface area contributed by atoms with Crippen LogP contribution in [0, 0.1) is 11.8 Å². The van der Waals surface area contributed by atoms with Crippen LogP contribution < -0.4 is 0 Å². The van der Waals surface area contributed by atoms with Crippen molar-refractivity contribution in [3.63, 3.8) is 0 Å². The van der Waals surface area contributed by atoms with Crippen molar-refractivity contribution in [3.05, 3.63) is 15.9 Å². The van der Waals surface area contributed by atoms with Gasteiger partial charge in [0.15, 0.2) is 0 Å². The van der Waals surface area contributed by atoms with Crippen LogP contribution >= 0.6 is 15.9 Å². The average Bonchev–Trinajstić information content (AvgIpc) is 2.79.